The second-order valence-electron chi connectivity index (χ2n) is 4.77. The van der Waals surface area contributed by atoms with Crippen molar-refractivity contribution in [3.05, 3.63) is 45.0 Å². The second-order valence-corrected chi connectivity index (χ2v) is 5.16. The van der Waals surface area contributed by atoms with Crippen LogP contribution in [0.3, 0.4) is 0 Å². The number of aromatic nitrogens is 2. The maximum atomic E-state index is 11.7. The summed E-state index contributed by atoms with van der Waals surface area (Å²) in [6.45, 7) is 0.501. The lowest BCUT2D eigenvalue weighted by atomic mass is 10.1. The number of nitrogens with zero attached hydrogens (tertiary/aromatic N) is 1. The molecule has 1 aliphatic heterocycles. The minimum atomic E-state index is -0.534. The van der Waals surface area contributed by atoms with Crippen molar-refractivity contribution < 1.29 is 9.53 Å². The third-order valence-electron chi connectivity index (χ3n) is 3.34. The number of carbonyl (C=O) groups is 1. The third kappa shape index (κ3) is 2.47. The molecule has 1 aromatic heterocycles. The lowest BCUT2D eigenvalue weighted by Gasteiger charge is -2.14. The number of carbonyl (C=O) groups excluding carboxylic acids is 1. The Labute approximate surface area is 125 Å². The summed E-state index contributed by atoms with van der Waals surface area (Å²) in [5.41, 5.74) is 7.28. The van der Waals surface area contributed by atoms with Crippen LogP contribution in [0.1, 0.15) is 5.56 Å². The molecule has 0 bridgehead atoms. The van der Waals surface area contributed by atoms with Gasteiger partial charge >= 0.3 is 0 Å². The molecule has 2 aromatic rings. The van der Waals surface area contributed by atoms with Gasteiger partial charge in [-0.1, -0.05) is 12.1 Å². The smallest absolute Gasteiger partial charge is 0.252 e. The van der Waals surface area contributed by atoms with E-state index in [0.717, 1.165) is 23.3 Å². The van der Waals surface area contributed by atoms with Crippen LogP contribution in [0.15, 0.2) is 29.1 Å². The Morgan fingerprint density at radius 2 is 2.29 bits per heavy atom. The molecule has 0 saturated carbocycles. The average molecular weight is 303 g/mol. The summed E-state index contributed by atoms with van der Waals surface area (Å²) in [5.74, 6) is 0.198. The zero-order chi connectivity index (χ0) is 15.0. The number of ether oxygens (including phenoxy) is 1. The van der Waals surface area contributed by atoms with E-state index in [1.165, 1.54) is 10.6 Å². The number of primary amides is 1. The SMILES string of the molecule is NC(=O)Cn1c(-c2cccc3c2OCC3)cc(=O)[nH]c1=S. The molecule has 21 heavy (non-hydrogen) atoms. The molecule has 0 fully saturated rings. The number of H-pyrrole nitrogens is 1. The quantitative estimate of drug-likeness (QED) is 0.828. The number of hydrogen-bond donors (Lipinski definition) is 2. The van der Waals surface area contributed by atoms with Gasteiger partial charge < -0.3 is 15.0 Å². The first kappa shape index (κ1) is 13.6. The lowest BCUT2D eigenvalue weighted by molar-refractivity contribution is -0.118. The number of rotatable bonds is 3. The highest BCUT2D eigenvalue weighted by Gasteiger charge is 2.19. The van der Waals surface area contributed by atoms with Crippen LogP contribution >= 0.6 is 12.2 Å². The number of benzene rings is 1. The lowest BCUT2D eigenvalue weighted by Crippen LogP contribution is -2.23. The van der Waals surface area contributed by atoms with Gasteiger partial charge in [0, 0.05) is 18.1 Å². The third-order valence-corrected chi connectivity index (χ3v) is 3.66. The largest absolute Gasteiger partial charge is 0.492 e. The first-order valence-corrected chi connectivity index (χ1v) is 6.84. The van der Waals surface area contributed by atoms with Crippen molar-refractivity contribution >= 4 is 18.1 Å². The van der Waals surface area contributed by atoms with E-state index >= 15 is 0 Å². The minimum Gasteiger partial charge on any atom is -0.492 e. The van der Waals surface area contributed by atoms with Crippen molar-refractivity contribution in [1.29, 1.82) is 0 Å². The van der Waals surface area contributed by atoms with E-state index in [4.69, 9.17) is 22.7 Å². The fourth-order valence-corrected chi connectivity index (χ4v) is 2.74. The molecule has 3 rings (SSSR count). The summed E-state index contributed by atoms with van der Waals surface area (Å²) < 4.78 is 7.32. The number of para-hydroxylation sites is 1. The molecule has 0 saturated heterocycles. The summed E-state index contributed by atoms with van der Waals surface area (Å²) in [4.78, 5) is 25.5. The van der Waals surface area contributed by atoms with E-state index in [2.05, 4.69) is 4.98 Å². The highest BCUT2D eigenvalue weighted by molar-refractivity contribution is 7.71. The molecule has 6 nitrogen and oxygen atoms in total. The number of hydrogen-bond acceptors (Lipinski definition) is 4. The Balaban J connectivity index is 2.28. The zero-order valence-corrected chi connectivity index (χ0v) is 11.9. The Morgan fingerprint density at radius 3 is 3.05 bits per heavy atom. The van der Waals surface area contributed by atoms with Crippen molar-refractivity contribution in [1.82, 2.24) is 9.55 Å². The predicted octanol–water partition coefficient (Wildman–Crippen LogP) is 0.993. The first-order chi connectivity index (χ1) is 10.1. The van der Waals surface area contributed by atoms with Crippen LogP contribution in [0.4, 0.5) is 0 Å². The molecule has 2 heterocycles. The van der Waals surface area contributed by atoms with Gasteiger partial charge in [0.15, 0.2) is 4.77 Å². The van der Waals surface area contributed by atoms with Crippen molar-refractivity contribution in [3.63, 3.8) is 0 Å². The number of fused-ring (bicyclic) bond motifs is 1. The molecule has 0 unspecified atom stereocenters. The standard InChI is InChI=1S/C14H13N3O3S/c15-11(18)7-17-10(6-12(19)16-14(17)21)9-3-1-2-8-4-5-20-13(8)9/h1-3,6H,4-5,7H2,(H2,15,18)(H,16,19,21). The summed E-state index contributed by atoms with van der Waals surface area (Å²) in [6, 6.07) is 7.11. The molecule has 3 N–H and O–H groups in total. The Hall–Kier alpha value is -2.41. The fraction of sp³-hybridized carbons (Fsp3) is 0.214. The molecular formula is C14H13N3O3S. The molecule has 1 aromatic carbocycles. The van der Waals surface area contributed by atoms with Gasteiger partial charge in [0.1, 0.15) is 12.3 Å². The average Bonchev–Trinajstić information content (AvgIpc) is 2.89. The summed E-state index contributed by atoms with van der Waals surface area (Å²) in [6.07, 6.45) is 0.822. The minimum absolute atomic E-state index is 0.103. The molecule has 1 aliphatic rings. The summed E-state index contributed by atoms with van der Waals surface area (Å²) in [5, 5.41) is 0. The van der Waals surface area contributed by atoms with Gasteiger partial charge in [-0.15, -0.1) is 0 Å². The second kappa shape index (κ2) is 5.17. The van der Waals surface area contributed by atoms with Crippen LogP contribution in [-0.4, -0.2) is 22.1 Å². The summed E-state index contributed by atoms with van der Waals surface area (Å²) in [7, 11) is 0. The van der Waals surface area contributed by atoms with E-state index in [-0.39, 0.29) is 16.9 Å². The number of aromatic amines is 1. The van der Waals surface area contributed by atoms with Gasteiger partial charge in [0.05, 0.1) is 12.3 Å². The highest BCUT2D eigenvalue weighted by atomic mass is 32.1. The fourth-order valence-electron chi connectivity index (χ4n) is 2.47. The molecule has 108 valence electrons. The van der Waals surface area contributed by atoms with Crippen molar-refractivity contribution in [2.75, 3.05) is 6.61 Å². The molecule has 0 aliphatic carbocycles. The van der Waals surface area contributed by atoms with Crippen LogP contribution in [0, 0.1) is 4.77 Å². The van der Waals surface area contributed by atoms with E-state index in [1.54, 1.807) is 0 Å². The van der Waals surface area contributed by atoms with Crippen LogP contribution in [0.2, 0.25) is 0 Å². The van der Waals surface area contributed by atoms with E-state index in [9.17, 15) is 9.59 Å². The Morgan fingerprint density at radius 1 is 1.48 bits per heavy atom. The molecule has 7 heteroatoms. The van der Waals surface area contributed by atoms with E-state index in [0.29, 0.717) is 12.3 Å². The van der Waals surface area contributed by atoms with Gasteiger partial charge in [0.2, 0.25) is 5.91 Å². The maximum absolute atomic E-state index is 11.7. The van der Waals surface area contributed by atoms with Crippen LogP contribution in [0.25, 0.3) is 11.3 Å². The number of amides is 1. The van der Waals surface area contributed by atoms with Crippen molar-refractivity contribution in [3.8, 4) is 17.0 Å². The van der Waals surface area contributed by atoms with Crippen molar-refractivity contribution in [2.24, 2.45) is 5.73 Å². The number of nitrogens with one attached hydrogen (secondary N) is 1. The molecule has 1 amide bonds. The van der Waals surface area contributed by atoms with E-state index < -0.39 is 5.91 Å². The summed E-state index contributed by atoms with van der Waals surface area (Å²) >= 11 is 5.13. The van der Waals surface area contributed by atoms with Gasteiger partial charge in [-0.05, 0) is 23.8 Å². The van der Waals surface area contributed by atoms with Crippen molar-refractivity contribution in [2.45, 2.75) is 13.0 Å². The van der Waals surface area contributed by atoms with Crippen LogP contribution < -0.4 is 16.0 Å². The maximum Gasteiger partial charge on any atom is 0.252 e. The molecule has 0 radical (unpaired) electrons. The van der Waals surface area contributed by atoms with E-state index in [1.807, 2.05) is 18.2 Å². The van der Waals surface area contributed by atoms with Gasteiger partial charge in [-0.25, -0.2) is 0 Å². The first-order valence-electron chi connectivity index (χ1n) is 6.44. The Kier molecular flexibility index (Phi) is 3.34. The zero-order valence-electron chi connectivity index (χ0n) is 11.1. The molecule has 0 atom stereocenters. The highest BCUT2D eigenvalue weighted by Crippen LogP contribution is 2.36. The molecule has 0 spiro atoms. The van der Waals surface area contributed by atoms with Crippen LogP contribution in [0.5, 0.6) is 5.75 Å². The normalized spacial score (nSPS) is 12.8. The monoisotopic (exact) mass is 303 g/mol. The van der Waals surface area contributed by atoms with Gasteiger partial charge in [-0.2, -0.15) is 0 Å². The molecular weight excluding hydrogens is 290 g/mol. The Bertz CT molecular complexity index is 838. The predicted molar refractivity (Wildman–Crippen MR) is 79.7 cm³/mol. The van der Waals surface area contributed by atoms with Gasteiger partial charge in [0.25, 0.3) is 5.56 Å². The number of nitrogens with two attached hydrogens (primary N) is 1. The van der Waals surface area contributed by atoms with Gasteiger partial charge in [-0.3, -0.25) is 14.6 Å². The topological polar surface area (TPSA) is 90.1 Å². The van der Waals surface area contributed by atoms with Crippen LogP contribution in [-0.2, 0) is 17.8 Å².